The number of hydrogen-bond donors (Lipinski definition) is 1. The smallest absolute Gasteiger partial charge is 0.185 e. The number of halogens is 1. The zero-order chi connectivity index (χ0) is 18.6. The molecule has 1 fully saturated rings. The SMILES string of the molecule is CC1(C)C[C@@]2(CCO1)Oc1ccccc1[C@H]1C=C(c3ccc(Cl)cc3)NN12. The summed E-state index contributed by atoms with van der Waals surface area (Å²) in [5, 5.41) is 3.02. The third kappa shape index (κ3) is 2.83. The van der Waals surface area contributed by atoms with Crippen LogP contribution in [0.25, 0.3) is 5.70 Å². The van der Waals surface area contributed by atoms with Crippen molar-refractivity contribution in [2.75, 3.05) is 6.61 Å². The van der Waals surface area contributed by atoms with Crippen LogP contribution in [-0.4, -0.2) is 22.9 Å². The van der Waals surface area contributed by atoms with Crippen LogP contribution in [0.15, 0.2) is 54.6 Å². The van der Waals surface area contributed by atoms with E-state index in [1.807, 2.05) is 30.3 Å². The Morgan fingerprint density at radius 1 is 1.11 bits per heavy atom. The molecular formula is C22H23ClN2O2. The van der Waals surface area contributed by atoms with Gasteiger partial charge in [-0.15, -0.1) is 0 Å². The van der Waals surface area contributed by atoms with Crippen LogP contribution < -0.4 is 10.2 Å². The van der Waals surface area contributed by atoms with Crippen molar-refractivity contribution in [3.05, 3.63) is 70.8 Å². The van der Waals surface area contributed by atoms with E-state index in [-0.39, 0.29) is 11.6 Å². The van der Waals surface area contributed by atoms with Crippen LogP contribution in [-0.2, 0) is 4.74 Å². The molecule has 3 aliphatic heterocycles. The lowest BCUT2D eigenvalue weighted by molar-refractivity contribution is -0.218. The summed E-state index contributed by atoms with van der Waals surface area (Å²) in [5.41, 5.74) is 6.35. The highest BCUT2D eigenvalue weighted by molar-refractivity contribution is 6.30. The van der Waals surface area contributed by atoms with Crippen molar-refractivity contribution in [2.24, 2.45) is 0 Å². The Hall–Kier alpha value is -2.01. The number of para-hydroxylation sites is 1. The molecule has 0 bridgehead atoms. The van der Waals surface area contributed by atoms with Crippen LogP contribution >= 0.6 is 11.6 Å². The van der Waals surface area contributed by atoms with Crippen molar-refractivity contribution < 1.29 is 9.47 Å². The number of hydrogen-bond acceptors (Lipinski definition) is 4. The molecule has 5 rings (SSSR count). The van der Waals surface area contributed by atoms with Crippen LogP contribution in [0.5, 0.6) is 5.75 Å². The molecule has 2 aromatic carbocycles. The summed E-state index contributed by atoms with van der Waals surface area (Å²) in [6.45, 7) is 4.95. The molecule has 2 aromatic rings. The minimum Gasteiger partial charge on any atom is -0.470 e. The molecule has 0 saturated carbocycles. The number of nitrogens with zero attached hydrogens (tertiary/aromatic N) is 1. The zero-order valence-corrected chi connectivity index (χ0v) is 16.3. The summed E-state index contributed by atoms with van der Waals surface area (Å²) >= 11 is 6.07. The normalized spacial score (nSPS) is 28.7. The minimum atomic E-state index is -0.439. The third-order valence-electron chi connectivity index (χ3n) is 5.66. The topological polar surface area (TPSA) is 33.7 Å². The van der Waals surface area contributed by atoms with Crippen LogP contribution in [0.2, 0.25) is 5.02 Å². The van der Waals surface area contributed by atoms with Gasteiger partial charge in [0.15, 0.2) is 5.72 Å². The molecule has 140 valence electrons. The maximum absolute atomic E-state index is 6.64. The summed E-state index contributed by atoms with van der Waals surface area (Å²) in [5.74, 6) is 0.965. The summed E-state index contributed by atoms with van der Waals surface area (Å²) in [4.78, 5) is 0. The molecule has 0 aromatic heterocycles. The Kier molecular flexibility index (Phi) is 3.80. The second-order valence-corrected chi connectivity index (χ2v) is 8.57. The molecule has 27 heavy (non-hydrogen) atoms. The Labute approximate surface area is 164 Å². The molecule has 1 N–H and O–H groups in total. The van der Waals surface area contributed by atoms with E-state index in [0.717, 1.165) is 34.9 Å². The van der Waals surface area contributed by atoms with Crippen molar-refractivity contribution in [1.29, 1.82) is 0 Å². The number of rotatable bonds is 1. The first-order valence-electron chi connectivity index (χ1n) is 9.42. The molecule has 0 radical (unpaired) electrons. The number of nitrogens with one attached hydrogen (secondary N) is 1. The van der Waals surface area contributed by atoms with Gasteiger partial charge < -0.3 is 14.9 Å². The van der Waals surface area contributed by atoms with Gasteiger partial charge in [0.2, 0.25) is 0 Å². The van der Waals surface area contributed by atoms with Gasteiger partial charge >= 0.3 is 0 Å². The Balaban J connectivity index is 1.59. The maximum Gasteiger partial charge on any atom is 0.185 e. The molecule has 5 heteroatoms. The second-order valence-electron chi connectivity index (χ2n) is 8.13. The highest BCUT2D eigenvalue weighted by Crippen LogP contribution is 2.50. The first kappa shape index (κ1) is 17.1. The standard InChI is InChI=1S/C22H23ClN2O2/c1-21(2)14-22(11-12-26-21)25-19(17-5-3-4-6-20(17)27-22)13-18(24-25)15-7-9-16(23)10-8-15/h3-10,13,19,24H,11-12,14H2,1-2H3/t19-,22-/m1/s1. The fraction of sp³-hybridized carbons (Fsp3) is 0.364. The van der Waals surface area contributed by atoms with E-state index >= 15 is 0 Å². The van der Waals surface area contributed by atoms with Gasteiger partial charge in [0, 0.05) is 23.4 Å². The van der Waals surface area contributed by atoms with E-state index in [9.17, 15) is 0 Å². The van der Waals surface area contributed by atoms with Gasteiger partial charge in [0.05, 0.1) is 23.9 Å². The van der Waals surface area contributed by atoms with Crippen molar-refractivity contribution in [3.63, 3.8) is 0 Å². The first-order chi connectivity index (χ1) is 13.0. The average molecular weight is 383 g/mol. The van der Waals surface area contributed by atoms with Gasteiger partial charge in [-0.1, -0.05) is 41.9 Å². The number of benzene rings is 2. The minimum absolute atomic E-state index is 0.120. The lowest BCUT2D eigenvalue weighted by Gasteiger charge is -2.53. The van der Waals surface area contributed by atoms with Gasteiger partial charge in [-0.05, 0) is 43.7 Å². The van der Waals surface area contributed by atoms with Crippen molar-refractivity contribution in [1.82, 2.24) is 10.4 Å². The molecule has 0 aliphatic carbocycles. The van der Waals surface area contributed by atoms with Crippen molar-refractivity contribution in [3.8, 4) is 5.75 Å². The van der Waals surface area contributed by atoms with E-state index in [1.165, 1.54) is 5.56 Å². The van der Waals surface area contributed by atoms with Gasteiger partial charge in [-0.2, -0.15) is 5.01 Å². The highest BCUT2D eigenvalue weighted by Gasteiger charge is 2.54. The summed E-state index contributed by atoms with van der Waals surface area (Å²) in [6.07, 6.45) is 3.89. The largest absolute Gasteiger partial charge is 0.470 e. The monoisotopic (exact) mass is 382 g/mol. The molecule has 2 atom stereocenters. The Bertz CT molecular complexity index is 909. The molecule has 3 heterocycles. The van der Waals surface area contributed by atoms with E-state index in [4.69, 9.17) is 21.1 Å². The Morgan fingerprint density at radius 3 is 2.67 bits per heavy atom. The molecule has 0 unspecified atom stereocenters. The molecular weight excluding hydrogens is 360 g/mol. The number of hydrazine groups is 1. The molecule has 1 spiro atoms. The van der Waals surface area contributed by atoms with E-state index in [1.54, 1.807) is 0 Å². The quantitative estimate of drug-likeness (QED) is 0.759. The van der Waals surface area contributed by atoms with E-state index < -0.39 is 5.72 Å². The van der Waals surface area contributed by atoms with Crippen LogP contribution in [0.3, 0.4) is 0 Å². The first-order valence-corrected chi connectivity index (χ1v) is 9.79. The van der Waals surface area contributed by atoms with Gasteiger partial charge in [0.1, 0.15) is 5.75 Å². The summed E-state index contributed by atoms with van der Waals surface area (Å²) < 4.78 is 12.6. The highest BCUT2D eigenvalue weighted by atomic mass is 35.5. The lowest BCUT2D eigenvalue weighted by Crippen LogP contribution is -2.64. The summed E-state index contributed by atoms with van der Waals surface area (Å²) in [6, 6.07) is 16.4. The molecule has 4 nitrogen and oxygen atoms in total. The molecule has 1 saturated heterocycles. The number of ether oxygens (including phenoxy) is 2. The predicted molar refractivity (Wildman–Crippen MR) is 106 cm³/mol. The van der Waals surface area contributed by atoms with Crippen molar-refractivity contribution >= 4 is 17.3 Å². The fourth-order valence-electron chi connectivity index (χ4n) is 4.50. The predicted octanol–water partition coefficient (Wildman–Crippen LogP) is 4.92. The van der Waals surface area contributed by atoms with Crippen molar-refractivity contribution in [2.45, 2.75) is 44.1 Å². The fourth-order valence-corrected chi connectivity index (χ4v) is 4.63. The van der Waals surface area contributed by atoms with E-state index in [2.05, 4.69) is 48.6 Å². The third-order valence-corrected chi connectivity index (χ3v) is 5.91. The van der Waals surface area contributed by atoms with Gasteiger partial charge in [0.25, 0.3) is 0 Å². The zero-order valence-electron chi connectivity index (χ0n) is 15.5. The van der Waals surface area contributed by atoms with Crippen LogP contribution in [0.1, 0.15) is 43.9 Å². The lowest BCUT2D eigenvalue weighted by atomic mass is 9.87. The van der Waals surface area contributed by atoms with Gasteiger partial charge in [-0.3, -0.25) is 0 Å². The van der Waals surface area contributed by atoms with E-state index in [0.29, 0.717) is 6.61 Å². The number of fused-ring (bicyclic) bond motifs is 4. The molecule has 0 amide bonds. The van der Waals surface area contributed by atoms with Crippen LogP contribution in [0.4, 0.5) is 0 Å². The second kappa shape index (κ2) is 5.99. The van der Waals surface area contributed by atoms with Crippen LogP contribution in [0, 0.1) is 0 Å². The summed E-state index contributed by atoms with van der Waals surface area (Å²) in [7, 11) is 0. The Morgan fingerprint density at radius 2 is 1.89 bits per heavy atom. The molecule has 3 aliphatic rings. The van der Waals surface area contributed by atoms with Gasteiger partial charge in [-0.25, -0.2) is 0 Å². The maximum atomic E-state index is 6.64. The average Bonchev–Trinajstić information content (AvgIpc) is 3.08.